The molecule has 10 nitrogen and oxygen atoms in total. The fraction of sp³-hybridized carbons (Fsp3) is 0.214. The Hall–Kier alpha value is -3.84. The van der Waals surface area contributed by atoms with Gasteiger partial charge in [0.1, 0.15) is 5.75 Å². The summed E-state index contributed by atoms with van der Waals surface area (Å²) in [5.74, 6) is -0.764. The number of carbonyl (C=O) groups is 3. The summed E-state index contributed by atoms with van der Waals surface area (Å²) in [5, 5.41) is 9.48. The SMILES string of the molecule is CCCOc1ccc(NC(=O)C(=O)N/N=C\c2cc(I)c(OCC(=O)Nc3ccccc3Cl)c(OCC)c2)cc1. The molecule has 0 saturated heterocycles. The number of ether oxygens (including phenoxy) is 3. The maximum absolute atomic E-state index is 12.4. The molecule has 3 rings (SSSR count). The monoisotopic (exact) mass is 678 g/mol. The molecule has 3 N–H and O–H groups in total. The molecule has 0 spiro atoms. The first-order valence-electron chi connectivity index (χ1n) is 12.3. The van der Waals surface area contributed by atoms with Crippen LogP contribution in [0.4, 0.5) is 11.4 Å². The van der Waals surface area contributed by atoms with E-state index in [2.05, 4.69) is 21.2 Å². The van der Waals surface area contributed by atoms with E-state index in [-0.39, 0.29) is 6.61 Å². The van der Waals surface area contributed by atoms with Crippen molar-refractivity contribution in [2.45, 2.75) is 20.3 Å². The van der Waals surface area contributed by atoms with Gasteiger partial charge in [0.2, 0.25) is 0 Å². The third-order valence-corrected chi connectivity index (χ3v) is 6.13. The molecule has 0 aliphatic carbocycles. The van der Waals surface area contributed by atoms with E-state index >= 15 is 0 Å². The minimum Gasteiger partial charge on any atom is -0.494 e. The molecule has 0 fully saturated rings. The molecule has 0 bridgehead atoms. The molecular weight excluding hydrogens is 651 g/mol. The highest BCUT2D eigenvalue weighted by Crippen LogP contribution is 2.34. The number of halogens is 2. The van der Waals surface area contributed by atoms with Gasteiger partial charge in [-0.3, -0.25) is 14.4 Å². The van der Waals surface area contributed by atoms with Gasteiger partial charge in [-0.2, -0.15) is 5.10 Å². The van der Waals surface area contributed by atoms with Crippen molar-refractivity contribution in [2.24, 2.45) is 5.10 Å². The normalized spacial score (nSPS) is 10.6. The van der Waals surface area contributed by atoms with Gasteiger partial charge in [0.05, 0.1) is 33.7 Å². The van der Waals surface area contributed by atoms with Crippen LogP contribution in [0.2, 0.25) is 5.02 Å². The van der Waals surface area contributed by atoms with Crippen molar-refractivity contribution in [3.63, 3.8) is 0 Å². The summed E-state index contributed by atoms with van der Waals surface area (Å²) in [6, 6.07) is 16.9. The molecule has 210 valence electrons. The lowest BCUT2D eigenvalue weighted by Crippen LogP contribution is -2.32. The predicted octanol–water partition coefficient (Wildman–Crippen LogP) is 5.24. The van der Waals surface area contributed by atoms with Crippen molar-refractivity contribution in [2.75, 3.05) is 30.5 Å². The van der Waals surface area contributed by atoms with Crippen molar-refractivity contribution < 1.29 is 28.6 Å². The summed E-state index contributed by atoms with van der Waals surface area (Å²) in [4.78, 5) is 36.8. The Labute approximate surface area is 250 Å². The van der Waals surface area contributed by atoms with Crippen molar-refractivity contribution in [1.29, 1.82) is 0 Å². The molecule has 0 saturated carbocycles. The van der Waals surface area contributed by atoms with Crippen LogP contribution >= 0.6 is 34.2 Å². The van der Waals surface area contributed by atoms with Crippen LogP contribution in [0, 0.1) is 3.57 Å². The molecule has 0 heterocycles. The molecule has 40 heavy (non-hydrogen) atoms. The zero-order valence-corrected chi connectivity index (χ0v) is 24.7. The fourth-order valence-corrected chi connectivity index (χ4v) is 4.17. The summed E-state index contributed by atoms with van der Waals surface area (Å²) in [6.07, 6.45) is 2.25. The van der Waals surface area contributed by atoms with Crippen LogP contribution in [-0.2, 0) is 14.4 Å². The quantitative estimate of drug-likeness (QED) is 0.104. The first-order chi connectivity index (χ1) is 19.3. The number of anilines is 2. The Morgan fingerprint density at radius 2 is 1.70 bits per heavy atom. The van der Waals surface area contributed by atoms with E-state index < -0.39 is 17.7 Å². The summed E-state index contributed by atoms with van der Waals surface area (Å²) < 4.78 is 17.6. The zero-order valence-electron chi connectivity index (χ0n) is 21.8. The Bertz CT molecular complexity index is 1370. The minimum atomic E-state index is -0.938. The van der Waals surface area contributed by atoms with Crippen LogP contribution in [-0.4, -0.2) is 43.8 Å². The van der Waals surface area contributed by atoms with E-state index in [4.69, 9.17) is 25.8 Å². The smallest absolute Gasteiger partial charge is 0.329 e. The highest BCUT2D eigenvalue weighted by atomic mass is 127. The molecule has 3 aromatic carbocycles. The van der Waals surface area contributed by atoms with Crippen LogP contribution in [0.15, 0.2) is 65.8 Å². The highest BCUT2D eigenvalue weighted by molar-refractivity contribution is 14.1. The largest absolute Gasteiger partial charge is 0.494 e. The van der Waals surface area contributed by atoms with E-state index in [1.54, 1.807) is 60.7 Å². The number of carbonyl (C=O) groups excluding carboxylic acids is 3. The average Bonchev–Trinajstić information content (AvgIpc) is 2.93. The maximum Gasteiger partial charge on any atom is 0.329 e. The Morgan fingerprint density at radius 1 is 0.950 bits per heavy atom. The lowest BCUT2D eigenvalue weighted by atomic mass is 10.2. The number of para-hydroxylation sites is 1. The summed E-state index contributed by atoms with van der Waals surface area (Å²) in [7, 11) is 0. The van der Waals surface area contributed by atoms with Crippen LogP contribution < -0.4 is 30.3 Å². The maximum atomic E-state index is 12.4. The molecule has 0 radical (unpaired) electrons. The summed E-state index contributed by atoms with van der Waals surface area (Å²) >= 11 is 8.13. The van der Waals surface area contributed by atoms with Crippen molar-refractivity contribution >= 4 is 69.5 Å². The van der Waals surface area contributed by atoms with Gasteiger partial charge in [0, 0.05) is 5.69 Å². The van der Waals surface area contributed by atoms with Gasteiger partial charge >= 0.3 is 11.8 Å². The predicted molar refractivity (Wildman–Crippen MR) is 162 cm³/mol. The van der Waals surface area contributed by atoms with Gasteiger partial charge in [-0.05, 0) is 90.0 Å². The first-order valence-corrected chi connectivity index (χ1v) is 13.8. The molecule has 0 unspecified atom stereocenters. The molecule has 3 aromatic rings. The molecule has 0 aromatic heterocycles. The molecule has 0 aliphatic rings. The molecule has 0 atom stereocenters. The van der Waals surface area contributed by atoms with Crippen molar-refractivity contribution in [3.8, 4) is 17.2 Å². The van der Waals surface area contributed by atoms with Crippen LogP contribution in [0.25, 0.3) is 0 Å². The third-order valence-electron chi connectivity index (χ3n) is 5.00. The molecule has 12 heteroatoms. The van der Waals surface area contributed by atoms with Gasteiger partial charge < -0.3 is 24.8 Å². The Kier molecular flexibility index (Phi) is 12.0. The van der Waals surface area contributed by atoms with E-state index in [9.17, 15) is 14.4 Å². The fourth-order valence-electron chi connectivity index (χ4n) is 3.21. The van der Waals surface area contributed by atoms with Crippen LogP contribution in [0.5, 0.6) is 17.2 Å². The lowest BCUT2D eigenvalue weighted by molar-refractivity contribution is -0.136. The highest BCUT2D eigenvalue weighted by Gasteiger charge is 2.16. The first kappa shape index (κ1) is 30.7. The summed E-state index contributed by atoms with van der Waals surface area (Å²) in [5.41, 5.74) is 3.70. The lowest BCUT2D eigenvalue weighted by Gasteiger charge is -2.15. The second-order valence-electron chi connectivity index (χ2n) is 8.11. The zero-order chi connectivity index (χ0) is 28.9. The molecule has 0 aliphatic heterocycles. The number of hydrogen-bond acceptors (Lipinski definition) is 7. The van der Waals surface area contributed by atoms with E-state index in [0.29, 0.717) is 56.0 Å². The van der Waals surface area contributed by atoms with E-state index in [1.165, 1.54) is 6.21 Å². The van der Waals surface area contributed by atoms with Gasteiger partial charge in [0.25, 0.3) is 5.91 Å². The van der Waals surface area contributed by atoms with E-state index in [1.807, 2.05) is 36.4 Å². The van der Waals surface area contributed by atoms with Crippen molar-refractivity contribution in [1.82, 2.24) is 5.43 Å². The number of hydrazone groups is 1. The number of rotatable bonds is 12. The van der Waals surface area contributed by atoms with Crippen LogP contribution in [0.1, 0.15) is 25.8 Å². The number of nitrogens with zero attached hydrogens (tertiary/aromatic N) is 1. The average molecular weight is 679 g/mol. The van der Waals surface area contributed by atoms with Crippen molar-refractivity contribution in [3.05, 3.63) is 74.8 Å². The minimum absolute atomic E-state index is 0.269. The Balaban J connectivity index is 1.57. The number of nitrogens with one attached hydrogen (secondary N) is 3. The van der Waals surface area contributed by atoms with Gasteiger partial charge in [0.15, 0.2) is 18.1 Å². The Morgan fingerprint density at radius 3 is 2.40 bits per heavy atom. The molecular formula is C28H28ClIN4O6. The van der Waals surface area contributed by atoms with Gasteiger partial charge in [-0.15, -0.1) is 0 Å². The van der Waals surface area contributed by atoms with Gasteiger partial charge in [-0.1, -0.05) is 30.7 Å². The van der Waals surface area contributed by atoms with Gasteiger partial charge in [-0.25, -0.2) is 5.43 Å². The number of hydrogen-bond donors (Lipinski definition) is 3. The van der Waals surface area contributed by atoms with Crippen LogP contribution in [0.3, 0.4) is 0 Å². The molecule has 3 amide bonds. The second-order valence-corrected chi connectivity index (χ2v) is 9.68. The number of amides is 3. The number of benzene rings is 3. The van der Waals surface area contributed by atoms with E-state index in [0.717, 1.165) is 6.42 Å². The second kappa shape index (κ2) is 15.7. The standard InChI is InChI=1S/C28H28ClIN4O6/c1-3-13-39-20-11-9-19(10-12-20)32-27(36)28(37)34-31-16-18-14-22(30)26(24(15-18)38-4-2)40-17-25(35)33-23-8-6-5-7-21(23)29/h5-12,14-16H,3-4,13,17H2,1-2H3,(H,32,36)(H,33,35)(H,34,37)/b31-16-. The summed E-state index contributed by atoms with van der Waals surface area (Å²) in [6.45, 7) is 4.49. The third kappa shape index (κ3) is 9.42. The topological polar surface area (TPSA) is 127 Å².